The number of ether oxygens (including phenoxy) is 1. The first kappa shape index (κ1) is 23.1. The molecule has 0 N–H and O–H groups in total. The maximum Gasteiger partial charge on any atom is 0.331 e. The van der Waals surface area contributed by atoms with Crippen LogP contribution < -0.4 is 0 Å². The molecule has 4 aliphatic heterocycles. The van der Waals surface area contributed by atoms with Crippen molar-refractivity contribution in [1.29, 1.82) is 0 Å². The van der Waals surface area contributed by atoms with Gasteiger partial charge >= 0.3 is 5.97 Å². The lowest BCUT2D eigenvalue weighted by atomic mass is 9.82. The standard InChI is InChI=1S/C28H39N2O2S/c1-22-11-12-25(33-22)15-20-30-18-13-23(14-19-30)26(21-30)32-27(31)28(2,24-9-5-3-6-10-24)29-16-7-4-8-17-29/h3,5-6,9-12,23,26H,4,7-8,13-21H2,1-2H3/q+1/t23?,26?,28-,30?/m0/s1. The van der Waals surface area contributed by atoms with Gasteiger partial charge in [0.25, 0.3) is 0 Å². The van der Waals surface area contributed by atoms with E-state index in [1.807, 2.05) is 29.5 Å². The molecule has 2 bridgehead atoms. The summed E-state index contributed by atoms with van der Waals surface area (Å²) in [6.07, 6.45) is 7.14. The number of nitrogens with zero attached hydrogens (tertiary/aromatic N) is 2. The van der Waals surface area contributed by atoms with Gasteiger partial charge in [-0.15, -0.1) is 11.3 Å². The molecular weight excluding hydrogens is 428 g/mol. The number of fused-ring (bicyclic) bond motifs is 3. The summed E-state index contributed by atoms with van der Waals surface area (Å²) < 4.78 is 7.61. The molecule has 2 aromatic rings. The van der Waals surface area contributed by atoms with E-state index in [9.17, 15) is 4.79 Å². The number of likely N-dealkylation sites (tertiary alicyclic amines) is 1. The molecule has 2 atom stereocenters. The first-order valence-electron chi connectivity index (χ1n) is 12.9. The minimum absolute atomic E-state index is 0.0404. The zero-order valence-electron chi connectivity index (χ0n) is 20.3. The zero-order chi connectivity index (χ0) is 22.9. The van der Waals surface area contributed by atoms with Gasteiger partial charge in [-0.05, 0) is 57.5 Å². The van der Waals surface area contributed by atoms with Crippen molar-refractivity contribution in [2.75, 3.05) is 39.3 Å². The predicted molar refractivity (Wildman–Crippen MR) is 134 cm³/mol. The molecule has 6 rings (SSSR count). The number of thiophene rings is 1. The SMILES string of the molecule is Cc1ccc(CC[N+]23CCC(CC2)C(OC(=O)[C@](C)(c2ccccc2)N2CCCCC2)C3)s1. The highest BCUT2D eigenvalue weighted by Crippen LogP contribution is 2.39. The van der Waals surface area contributed by atoms with Gasteiger partial charge in [0.15, 0.2) is 6.10 Å². The van der Waals surface area contributed by atoms with Crippen LogP contribution in [-0.2, 0) is 21.5 Å². The zero-order valence-corrected chi connectivity index (χ0v) is 21.1. The second-order valence-corrected chi connectivity index (χ2v) is 12.1. The Balaban J connectivity index is 1.32. The first-order valence-corrected chi connectivity index (χ1v) is 13.7. The van der Waals surface area contributed by atoms with Gasteiger partial charge in [0.1, 0.15) is 12.1 Å². The quantitative estimate of drug-likeness (QED) is 0.416. The Labute approximate surface area is 203 Å². The third-order valence-corrected chi connectivity index (χ3v) is 9.71. The fourth-order valence-corrected chi connectivity index (χ4v) is 7.30. The van der Waals surface area contributed by atoms with Crippen molar-refractivity contribution in [1.82, 2.24) is 4.90 Å². The molecule has 4 fully saturated rings. The Hall–Kier alpha value is -1.69. The Morgan fingerprint density at radius 1 is 1.09 bits per heavy atom. The average molecular weight is 468 g/mol. The van der Waals surface area contributed by atoms with Gasteiger partial charge in [0.05, 0.1) is 19.6 Å². The van der Waals surface area contributed by atoms with Crippen molar-refractivity contribution >= 4 is 17.3 Å². The Morgan fingerprint density at radius 2 is 1.82 bits per heavy atom. The lowest BCUT2D eigenvalue weighted by Gasteiger charge is -2.52. The Kier molecular flexibility index (Phi) is 6.65. The molecule has 4 aliphatic rings. The van der Waals surface area contributed by atoms with Crippen molar-refractivity contribution < 1.29 is 14.0 Å². The largest absolute Gasteiger partial charge is 0.454 e. The van der Waals surface area contributed by atoms with Crippen LogP contribution in [0.4, 0.5) is 0 Å². The lowest BCUT2D eigenvalue weighted by Crippen LogP contribution is -2.65. The van der Waals surface area contributed by atoms with E-state index in [0.717, 1.165) is 48.9 Å². The maximum absolute atomic E-state index is 13.9. The van der Waals surface area contributed by atoms with Crippen molar-refractivity contribution in [3.05, 3.63) is 57.8 Å². The summed E-state index contributed by atoms with van der Waals surface area (Å²) in [4.78, 5) is 19.2. The van der Waals surface area contributed by atoms with Crippen LogP contribution in [0.3, 0.4) is 0 Å². The van der Waals surface area contributed by atoms with E-state index in [0.29, 0.717) is 5.92 Å². The highest BCUT2D eigenvalue weighted by molar-refractivity contribution is 7.11. The number of rotatable bonds is 7. The molecule has 1 aromatic heterocycles. The Morgan fingerprint density at radius 3 is 2.48 bits per heavy atom. The fraction of sp³-hybridized carbons (Fsp3) is 0.607. The molecule has 1 unspecified atom stereocenters. The van der Waals surface area contributed by atoms with Gasteiger partial charge in [-0.3, -0.25) is 4.90 Å². The normalized spacial score (nSPS) is 29.5. The number of carbonyl (C=O) groups excluding carboxylic acids is 1. The highest BCUT2D eigenvalue weighted by Gasteiger charge is 2.50. The summed E-state index contributed by atoms with van der Waals surface area (Å²) in [5.74, 6) is 0.487. The number of carbonyl (C=O) groups is 1. The number of benzene rings is 1. The fourth-order valence-electron chi connectivity index (χ4n) is 6.42. The molecule has 5 heterocycles. The van der Waals surface area contributed by atoms with Crippen molar-refractivity contribution in [3.8, 4) is 0 Å². The molecular formula is C28H39N2O2S+. The van der Waals surface area contributed by atoms with Crippen LogP contribution in [0.15, 0.2) is 42.5 Å². The van der Waals surface area contributed by atoms with Crippen molar-refractivity contribution in [2.24, 2.45) is 5.92 Å². The molecule has 1 aromatic carbocycles. The molecule has 0 radical (unpaired) electrons. The van der Waals surface area contributed by atoms with E-state index in [1.54, 1.807) is 0 Å². The third-order valence-electron chi connectivity index (χ3n) is 8.65. The van der Waals surface area contributed by atoms with Crippen LogP contribution in [0.1, 0.15) is 54.3 Å². The van der Waals surface area contributed by atoms with E-state index < -0.39 is 5.54 Å². The smallest absolute Gasteiger partial charge is 0.331 e. The van der Waals surface area contributed by atoms with Crippen LogP contribution in [0.25, 0.3) is 0 Å². The van der Waals surface area contributed by atoms with Crippen LogP contribution in [0.5, 0.6) is 0 Å². The molecule has 4 saturated heterocycles. The minimum atomic E-state index is -0.701. The summed E-state index contributed by atoms with van der Waals surface area (Å²) in [6.45, 7) is 10.9. The van der Waals surface area contributed by atoms with Crippen LogP contribution in [-0.4, -0.2) is 60.7 Å². The van der Waals surface area contributed by atoms with Crippen molar-refractivity contribution in [3.63, 3.8) is 0 Å². The van der Waals surface area contributed by atoms with Gasteiger partial charge < -0.3 is 9.22 Å². The number of hydrogen-bond acceptors (Lipinski definition) is 4. The summed E-state index contributed by atoms with van der Waals surface area (Å²) in [5, 5.41) is 0. The molecule has 5 heteroatoms. The predicted octanol–water partition coefficient (Wildman–Crippen LogP) is 5.15. The van der Waals surface area contributed by atoms with Gasteiger partial charge in [0, 0.05) is 34.9 Å². The first-order chi connectivity index (χ1) is 16.0. The summed E-state index contributed by atoms with van der Waals surface area (Å²) >= 11 is 1.93. The number of aryl methyl sites for hydroxylation is 1. The number of esters is 1. The highest BCUT2D eigenvalue weighted by atomic mass is 32.1. The Bertz CT molecular complexity index is 944. The van der Waals surface area contributed by atoms with Gasteiger partial charge in [0.2, 0.25) is 0 Å². The molecule has 178 valence electrons. The van der Waals surface area contributed by atoms with Gasteiger partial charge in [-0.1, -0.05) is 36.8 Å². The van der Waals surface area contributed by atoms with Crippen LogP contribution >= 0.6 is 11.3 Å². The number of hydrogen-bond donors (Lipinski definition) is 0. The van der Waals surface area contributed by atoms with Crippen LogP contribution in [0.2, 0.25) is 0 Å². The van der Waals surface area contributed by atoms with E-state index >= 15 is 0 Å². The molecule has 4 nitrogen and oxygen atoms in total. The third kappa shape index (κ3) is 4.65. The van der Waals surface area contributed by atoms with Crippen molar-refractivity contribution in [2.45, 2.75) is 64.0 Å². The molecule has 0 spiro atoms. The van der Waals surface area contributed by atoms with Crippen LogP contribution in [0, 0.1) is 12.8 Å². The molecule has 33 heavy (non-hydrogen) atoms. The summed E-state index contributed by atoms with van der Waals surface area (Å²) in [5.41, 5.74) is 0.364. The minimum Gasteiger partial charge on any atom is -0.454 e. The monoisotopic (exact) mass is 467 g/mol. The van der Waals surface area contributed by atoms with E-state index in [2.05, 4.69) is 43.0 Å². The summed E-state index contributed by atoms with van der Waals surface area (Å²) in [6, 6.07) is 14.8. The molecule has 0 amide bonds. The number of piperidine rings is 4. The maximum atomic E-state index is 13.9. The molecule has 0 saturated carbocycles. The lowest BCUT2D eigenvalue weighted by molar-refractivity contribution is -0.946. The van der Waals surface area contributed by atoms with E-state index in [4.69, 9.17) is 4.74 Å². The molecule has 0 aliphatic carbocycles. The second kappa shape index (κ2) is 9.52. The second-order valence-electron chi connectivity index (χ2n) is 10.7. The van der Waals surface area contributed by atoms with Gasteiger partial charge in [-0.2, -0.15) is 0 Å². The van der Waals surface area contributed by atoms with E-state index in [-0.39, 0.29) is 12.1 Å². The topological polar surface area (TPSA) is 29.5 Å². The van der Waals surface area contributed by atoms with Gasteiger partial charge in [-0.25, -0.2) is 4.79 Å². The van der Waals surface area contributed by atoms with E-state index in [1.165, 1.54) is 48.7 Å². The average Bonchev–Trinajstić information content (AvgIpc) is 3.29. The number of quaternary nitrogens is 1. The summed E-state index contributed by atoms with van der Waals surface area (Å²) in [7, 11) is 0.